The Morgan fingerprint density at radius 3 is 2.18 bits per heavy atom. The van der Waals surface area contributed by atoms with Gasteiger partial charge in [0.2, 0.25) is 5.88 Å². The van der Waals surface area contributed by atoms with E-state index in [1.807, 2.05) is 41.6 Å². The molecule has 2 aromatic heterocycles. The lowest BCUT2D eigenvalue weighted by Gasteiger charge is -2.34. The number of halogens is 4. The summed E-state index contributed by atoms with van der Waals surface area (Å²) in [4.78, 5) is 36.6. The van der Waals surface area contributed by atoms with Gasteiger partial charge in [0, 0.05) is 74.9 Å². The minimum Gasteiger partial charge on any atom is -0.439 e. The third-order valence-electron chi connectivity index (χ3n) is 9.46. The number of amides is 2. The Morgan fingerprint density at radius 2 is 1.59 bits per heavy atom. The fourth-order valence-electron chi connectivity index (χ4n) is 6.24. The van der Waals surface area contributed by atoms with Gasteiger partial charge in [-0.2, -0.15) is 13.2 Å². The van der Waals surface area contributed by atoms with Crippen LogP contribution in [0.4, 0.5) is 18.9 Å². The van der Waals surface area contributed by atoms with E-state index in [0.717, 1.165) is 60.4 Å². The Bertz CT molecular complexity index is 2000. The van der Waals surface area contributed by atoms with Gasteiger partial charge >= 0.3 is 6.18 Å². The van der Waals surface area contributed by atoms with E-state index in [-0.39, 0.29) is 28.5 Å². The predicted molar refractivity (Wildman–Crippen MR) is 198 cm³/mol. The maximum atomic E-state index is 13.7. The molecule has 0 aliphatic carbocycles. The van der Waals surface area contributed by atoms with Crippen LogP contribution in [0.5, 0.6) is 11.6 Å². The number of alkyl halides is 3. The van der Waals surface area contributed by atoms with Crippen molar-refractivity contribution >= 4 is 45.4 Å². The number of piperazine rings is 1. The fraction of sp³-hybridized carbons (Fsp3) is 0.308. The highest BCUT2D eigenvalue weighted by molar-refractivity contribution is 8.93. The highest BCUT2D eigenvalue weighted by Crippen LogP contribution is 2.33. The summed E-state index contributed by atoms with van der Waals surface area (Å²) in [5, 5.41) is 0.898. The standard InChI is InChI=1S/C39H40F3N5O3.BrH/c1-25(2)28-8-6-27(7-9-28)24-46-18-20-47(21-19-46)38(49)34-22-32-26(3)35(16-15-33(32)45(34)5)50-36-17-14-31(23-43-36)44(4)37(48)29-10-12-30(13-11-29)39(40,41)42;/h6-17,22-23,25H,18-21,24H2,1-5H3;1H. The van der Waals surface area contributed by atoms with Crippen molar-refractivity contribution in [2.45, 2.75) is 39.4 Å². The number of hydrogen-bond donors (Lipinski definition) is 0. The van der Waals surface area contributed by atoms with Crippen LogP contribution < -0.4 is 9.64 Å². The van der Waals surface area contributed by atoms with Crippen molar-refractivity contribution in [3.05, 3.63) is 119 Å². The summed E-state index contributed by atoms with van der Waals surface area (Å²) < 4.78 is 46.8. The average Bonchev–Trinajstić information content (AvgIpc) is 3.45. The van der Waals surface area contributed by atoms with Crippen LogP contribution in [0, 0.1) is 6.92 Å². The number of hydrogen-bond acceptors (Lipinski definition) is 5. The molecule has 12 heteroatoms. The largest absolute Gasteiger partial charge is 0.439 e. The molecule has 0 saturated carbocycles. The van der Waals surface area contributed by atoms with E-state index in [1.54, 1.807) is 12.1 Å². The molecule has 2 amide bonds. The van der Waals surface area contributed by atoms with Gasteiger partial charge in [-0.25, -0.2) is 4.98 Å². The van der Waals surface area contributed by atoms with Crippen molar-refractivity contribution in [2.75, 3.05) is 38.1 Å². The van der Waals surface area contributed by atoms with E-state index >= 15 is 0 Å². The Balaban J connectivity index is 0.00000504. The topological polar surface area (TPSA) is 70.9 Å². The Hall–Kier alpha value is -4.68. The molecule has 3 heterocycles. The Morgan fingerprint density at radius 1 is 0.922 bits per heavy atom. The molecule has 0 atom stereocenters. The van der Waals surface area contributed by atoms with Crippen LogP contribution in [-0.2, 0) is 19.8 Å². The number of pyridine rings is 1. The highest BCUT2D eigenvalue weighted by Gasteiger charge is 2.30. The first kappa shape index (κ1) is 37.6. The van der Waals surface area contributed by atoms with Gasteiger partial charge in [0.05, 0.1) is 17.4 Å². The summed E-state index contributed by atoms with van der Waals surface area (Å²) in [5.41, 5.74) is 4.74. The SMILES string of the molecule is Br.Cc1c(Oc2ccc(N(C)C(=O)c3ccc(C(F)(F)F)cc3)cn2)ccc2c1cc(C(=O)N1CCN(Cc3ccc(C(C)C)cc3)CC1)n2C. The van der Waals surface area contributed by atoms with Crippen molar-refractivity contribution in [1.29, 1.82) is 0 Å². The van der Waals surface area contributed by atoms with Gasteiger partial charge < -0.3 is 19.1 Å². The molecule has 0 unspecified atom stereocenters. The predicted octanol–water partition coefficient (Wildman–Crippen LogP) is 8.63. The molecule has 5 aromatic rings. The second-order valence-electron chi connectivity index (χ2n) is 13.1. The number of benzene rings is 3. The highest BCUT2D eigenvalue weighted by atomic mass is 79.9. The third-order valence-corrected chi connectivity index (χ3v) is 9.46. The van der Waals surface area contributed by atoms with E-state index < -0.39 is 17.6 Å². The first-order chi connectivity index (χ1) is 23.8. The number of fused-ring (bicyclic) bond motifs is 1. The lowest BCUT2D eigenvalue weighted by Crippen LogP contribution is -2.48. The molecule has 1 aliphatic rings. The minimum atomic E-state index is -4.48. The minimum absolute atomic E-state index is 0. The van der Waals surface area contributed by atoms with E-state index in [9.17, 15) is 22.8 Å². The smallest absolute Gasteiger partial charge is 0.416 e. The van der Waals surface area contributed by atoms with Crippen LogP contribution in [0.15, 0.2) is 85.1 Å². The van der Waals surface area contributed by atoms with Crippen molar-refractivity contribution < 1.29 is 27.5 Å². The lowest BCUT2D eigenvalue weighted by atomic mass is 10.0. The molecule has 1 fully saturated rings. The molecule has 3 aromatic carbocycles. The number of nitrogens with zero attached hydrogens (tertiary/aromatic N) is 5. The van der Waals surface area contributed by atoms with Crippen LogP contribution in [0.25, 0.3) is 10.9 Å². The zero-order valence-electron chi connectivity index (χ0n) is 29.2. The van der Waals surface area contributed by atoms with Crippen LogP contribution in [0.1, 0.15) is 62.9 Å². The molecule has 1 saturated heterocycles. The third kappa shape index (κ3) is 8.12. The van der Waals surface area contributed by atoms with Gasteiger partial charge in [0.15, 0.2) is 0 Å². The number of carbonyl (C=O) groups is 2. The molecule has 0 N–H and O–H groups in total. The molecular weight excluding hydrogens is 723 g/mol. The van der Waals surface area contributed by atoms with E-state index in [0.29, 0.717) is 42.0 Å². The molecule has 0 bridgehead atoms. The first-order valence-corrected chi connectivity index (χ1v) is 16.6. The quantitative estimate of drug-likeness (QED) is 0.158. The van der Waals surface area contributed by atoms with Gasteiger partial charge in [-0.3, -0.25) is 14.5 Å². The van der Waals surface area contributed by atoms with Crippen molar-refractivity contribution in [3.63, 3.8) is 0 Å². The van der Waals surface area contributed by atoms with Crippen LogP contribution in [-0.4, -0.2) is 64.4 Å². The summed E-state index contributed by atoms with van der Waals surface area (Å²) in [5.74, 6) is 0.907. The zero-order chi connectivity index (χ0) is 35.7. The van der Waals surface area contributed by atoms with E-state index in [4.69, 9.17) is 4.74 Å². The summed E-state index contributed by atoms with van der Waals surface area (Å²) in [6.45, 7) is 10.1. The number of aromatic nitrogens is 2. The summed E-state index contributed by atoms with van der Waals surface area (Å²) in [6, 6.07) is 21.8. The maximum Gasteiger partial charge on any atom is 0.416 e. The van der Waals surface area contributed by atoms with E-state index in [1.165, 1.54) is 29.3 Å². The number of ether oxygens (including phenoxy) is 1. The number of rotatable bonds is 8. The molecule has 8 nitrogen and oxygen atoms in total. The fourth-order valence-corrected chi connectivity index (χ4v) is 6.24. The van der Waals surface area contributed by atoms with Gasteiger partial charge in [0.1, 0.15) is 11.4 Å². The summed E-state index contributed by atoms with van der Waals surface area (Å²) in [6.07, 6.45) is -3.01. The van der Waals surface area contributed by atoms with Crippen molar-refractivity contribution in [2.24, 2.45) is 7.05 Å². The van der Waals surface area contributed by atoms with Crippen LogP contribution in [0.3, 0.4) is 0 Å². The molecular formula is C39H41BrF3N5O3. The zero-order valence-corrected chi connectivity index (χ0v) is 30.9. The summed E-state index contributed by atoms with van der Waals surface area (Å²) in [7, 11) is 3.42. The monoisotopic (exact) mass is 763 g/mol. The van der Waals surface area contributed by atoms with Crippen LogP contribution >= 0.6 is 17.0 Å². The van der Waals surface area contributed by atoms with Crippen LogP contribution in [0.2, 0.25) is 0 Å². The molecule has 0 radical (unpaired) electrons. The van der Waals surface area contributed by atoms with Gasteiger partial charge in [-0.05, 0) is 72.5 Å². The molecule has 268 valence electrons. The van der Waals surface area contributed by atoms with Gasteiger partial charge in [-0.1, -0.05) is 38.1 Å². The lowest BCUT2D eigenvalue weighted by molar-refractivity contribution is -0.137. The van der Waals surface area contributed by atoms with E-state index in [2.05, 4.69) is 48.0 Å². The van der Waals surface area contributed by atoms with Crippen molar-refractivity contribution in [1.82, 2.24) is 19.4 Å². The molecule has 6 rings (SSSR count). The Kier molecular flexibility index (Phi) is 11.3. The summed E-state index contributed by atoms with van der Waals surface area (Å²) >= 11 is 0. The van der Waals surface area contributed by atoms with Crippen molar-refractivity contribution in [3.8, 4) is 11.6 Å². The normalized spacial score (nSPS) is 13.7. The second kappa shape index (κ2) is 15.3. The number of carbonyl (C=O) groups excluding carboxylic acids is 2. The molecule has 51 heavy (non-hydrogen) atoms. The molecule has 0 spiro atoms. The van der Waals surface area contributed by atoms with Gasteiger partial charge in [-0.15, -0.1) is 17.0 Å². The van der Waals surface area contributed by atoms with Gasteiger partial charge in [0.25, 0.3) is 11.8 Å². The number of anilines is 1. The molecule has 1 aliphatic heterocycles. The first-order valence-electron chi connectivity index (χ1n) is 16.6. The average molecular weight is 765 g/mol. The second-order valence-corrected chi connectivity index (χ2v) is 13.1. The number of aryl methyl sites for hydroxylation is 2. The Labute approximate surface area is 306 Å². The maximum absolute atomic E-state index is 13.7.